The lowest BCUT2D eigenvalue weighted by molar-refractivity contribution is -0.136. The van der Waals surface area contributed by atoms with Gasteiger partial charge in [0.2, 0.25) is 11.8 Å². The van der Waals surface area contributed by atoms with Crippen LogP contribution in [-0.4, -0.2) is 35.7 Å². The van der Waals surface area contributed by atoms with Crippen LogP contribution in [0.15, 0.2) is 18.2 Å². The molecule has 0 aromatic heterocycles. The third-order valence-electron chi connectivity index (χ3n) is 3.97. The standard InChI is InChI=1S/C15H17N3O3/c1-16-7-9-2-3-11-10(6-9)8-18(15(11)21)12-4-5-13(19)17-14(12)20/h2-3,6,12,16H,4-5,7-8H2,1H3,(H,17,19,20). The van der Waals surface area contributed by atoms with E-state index in [1.165, 1.54) is 0 Å². The topological polar surface area (TPSA) is 78.5 Å². The summed E-state index contributed by atoms with van der Waals surface area (Å²) in [5.74, 6) is -0.768. The highest BCUT2D eigenvalue weighted by Gasteiger charge is 2.38. The Labute approximate surface area is 122 Å². The van der Waals surface area contributed by atoms with Crippen LogP contribution in [0.1, 0.15) is 34.3 Å². The Hall–Kier alpha value is -2.21. The molecule has 0 saturated carbocycles. The predicted molar refractivity (Wildman–Crippen MR) is 75.3 cm³/mol. The van der Waals surface area contributed by atoms with Gasteiger partial charge in [0, 0.05) is 25.1 Å². The van der Waals surface area contributed by atoms with Gasteiger partial charge in [-0.25, -0.2) is 0 Å². The Morgan fingerprint density at radius 2 is 2.14 bits per heavy atom. The lowest BCUT2D eigenvalue weighted by Crippen LogP contribution is -2.52. The van der Waals surface area contributed by atoms with Gasteiger partial charge in [-0.15, -0.1) is 0 Å². The fourth-order valence-corrected chi connectivity index (χ4v) is 2.94. The van der Waals surface area contributed by atoms with Gasteiger partial charge >= 0.3 is 0 Å². The number of fused-ring (bicyclic) bond motifs is 1. The van der Waals surface area contributed by atoms with E-state index in [0.717, 1.165) is 17.7 Å². The smallest absolute Gasteiger partial charge is 0.255 e. The first-order valence-corrected chi connectivity index (χ1v) is 7.01. The second kappa shape index (κ2) is 5.29. The van der Waals surface area contributed by atoms with E-state index in [1.54, 1.807) is 4.90 Å². The monoisotopic (exact) mass is 287 g/mol. The SMILES string of the molecule is CNCc1ccc2c(c1)CN(C1CCC(=O)NC1=O)C2=O. The fourth-order valence-electron chi connectivity index (χ4n) is 2.94. The van der Waals surface area contributed by atoms with E-state index in [2.05, 4.69) is 10.6 Å². The van der Waals surface area contributed by atoms with Crippen molar-refractivity contribution in [3.63, 3.8) is 0 Å². The van der Waals surface area contributed by atoms with Crippen LogP contribution in [0.2, 0.25) is 0 Å². The Morgan fingerprint density at radius 1 is 1.33 bits per heavy atom. The summed E-state index contributed by atoms with van der Waals surface area (Å²) >= 11 is 0. The molecule has 3 rings (SSSR count). The molecule has 0 bridgehead atoms. The minimum Gasteiger partial charge on any atom is -0.322 e. The summed E-state index contributed by atoms with van der Waals surface area (Å²) in [5.41, 5.74) is 2.70. The number of hydrogen-bond acceptors (Lipinski definition) is 4. The van der Waals surface area contributed by atoms with E-state index >= 15 is 0 Å². The molecule has 2 aliphatic heterocycles. The number of nitrogens with zero attached hydrogens (tertiary/aromatic N) is 1. The van der Waals surface area contributed by atoms with Crippen molar-refractivity contribution in [2.75, 3.05) is 7.05 Å². The molecular formula is C15H17N3O3. The molecule has 0 radical (unpaired) electrons. The summed E-state index contributed by atoms with van der Waals surface area (Å²) < 4.78 is 0. The molecule has 3 amide bonds. The molecule has 1 atom stereocenters. The average molecular weight is 287 g/mol. The van der Waals surface area contributed by atoms with Gasteiger partial charge in [-0.05, 0) is 30.7 Å². The first-order chi connectivity index (χ1) is 10.1. The highest BCUT2D eigenvalue weighted by atomic mass is 16.2. The summed E-state index contributed by atoms with van der Waals surface area (Å²) in [6, 6.07) is 5.18. The van der Waals surface area contributed by atoms with Crippen LogP contribution in [0.4, 0.5) is 0 Å². The Balaban J connectivity index is 1.83. The van der Waals surface area contributed by atoms with Gasteiger partial charge in [0.25, 0.3) is 5.91 Å². The largest absolute Gasteiger partial charge is 0.322 e. The number of carbonyl (C=O) groups is 3. The first kappa shape index (κ1) is 13.8. The third kappa shape index (κ3) is 2.42. The van der Waals surface area contributed by atoms with Gasteiger partial charge in [0.15, 0.2) is 0 Å². The van der Waals surface area contributed by atoms with E-state index < -0.39 is 6.04 Å². The molecule has 2 N–H and O–H groups in total. The van der Waals surface area contributed by atoms with E-state index in [4.69, 9.17) is 0 Å². The predicted octanol–water partition coefficient (Wildman–Crippen LogP) is 0.167. The normalized spacial score (nSPS) is 21.5. The fraction of sp³-hybridized carbons (Fsp3) is 0.400. The molecule has 1 aromatic carbocycles. The highest BCUT2D eigenvalue weighted by Crippen LogP contribution is 2.28. The summed E-state index contributed by atoms with van der Waals surface area (Å²) in [6.45, 7) is 1.16. The second-order valence-corrected chi connectivity index (χ2v) is 5.42. The average Bonchev–Trinajstić information content (AvgIpc) is 2.76. The lowest BCUT2D eigenvalue weighted by Gasteiger charge is -2.29. The molecule has 1 fully saturated rings. The minimum atomic E-state index is -0.546. The van der Waals surface area contributed by atoms with Crippen molar-refractivity contribution in [2.45, 2.75) is 32.0 Å². The molecule has 110 valence electrons. The van der Waals surface area contributed by atoms with Crippen LogP contribution < -0.4 is 10.6 Å². The van der Waals surface area contributed by atoms with Crippen molar-refractivity contribution >= 4 is 17.7 Å². The molecule has 21 heavy (non-hydrogen) atoms. The van der Waals surface area contributed by atoms with E-state index in [-0.39, 0.29) is 24.1 Å². The summed E-state index contributed by atoms with van der Waals surface area (Å²) in [4.78, 5) is 37.1. The summed E-state index contributed by atoms with van der Waals surface area (Å²) in [7, 11) is 1.87. The maximum atomic E-state index is 12.4. The number of imide groups is 1. The quantitative estimate of drug-likeness (QED) is 0.777. The molecule has 2 heterocycles. The number of benzene rings is 1. The number of rotatable bonds is 3. The lowest BCUT2D eigenvalue weighted by atomic mass is 10.0. The molecule has 0 aliphatic carbocycles. The number of nitrogens with one attached hydrogen (secondary N) is 2. The maximum Gasteiger partial charge on any atom is 0.255 e. The van der Waals surface area contributed by atoms with Crippen LogP contribution >= 0.6 is 0 Å². The van der Waals surface area contributed by atoms with Crippen molar-refractivity contribution in [1.29, 1.82) is 0 Å². The van der Waals surface area contributed by atoms with Gasteiger partial charge in [0.1, 0.15) is 6.04 Å². The molecule has 2 aliphatic rings. The Kier molecular flexibility index (Phi) is 3.47. The van der Waals surface area contributed by atoms with Gasteiger partial charge in [-0.2, -0.15) is 0 Å². The zero-order valence-corrected chi connectivity index (χ0v) is 11.8. The van der Waals surface area contributed by atoms with Crippen molar-refractivity contribution in [2.24, 2.45) is 0 Å². The summed E-state index contributed by atoms with van der Waals surface area (Å²) in [5, 5.41) is 5.38. The number of amides is 3. The van der Waals surface area contributed by atoms with Gasteiger partial charge in [0.05, 0.1) is 0 Å². The van der Waals surface area contributed by atoms with Crippen LogP contribution in [0.3, 0.4) is 0 Å². The Morgan fingerprint density at radius 3 is 2.86 bits per heavy atom. The minimum absolute atomic E-state index is 0.129. The third-order valence-corrected chi connectivity index (χ3v) is 3.97. The molecule has 1 unspecified atom stereocenters. The van der Waals surface area contributed by atoms with Crippen LogP contribution in [-0.2, 0) is 22.7 Å². The van der Waals surface area contributed by atoms with Gasteiger partial charge in [-0.1, -0.05) is 12.1 Å². The highest BCUT2D eigenvalue weighted by molar-refractivity contribution is 6.05. The molecule has 1 aromatic rings. The number of carbonyl (C=O) groups excluding carboxylic acids is 3. The van der Waals surface area contributed by atoms with Crippen LogP contribution in [0.25, 0.3) is 0 Å². The van der Waals surface area contributed by atoms with Crippen molar-refractivity contribution in [3.05, 3.63) is 34.9 Å². The zero-order chi connectivity index (χ0) is 15.0. The number of piperidine rings is 1. The van der Waals surface area contributed by atoms with Crippen LogP contribution in [0, 0.1) is 0 Å². The molecular weight excluding hydrogens is 270 g/mol. The van der Waals surface area contributed by atoms with E-state index in [9.17, 15) is 14.4 Å². The van der Waals surface area contributed by atoms with E-state index in [0.29, 0.717) is 18.5 Å². The van der Waals surface area contributed by atoms with Gasteiger partial charge in [-0.3, -0.25) is 19.7 Å². The Bertz CT molecular complexity index is 627. The second-order valence-electron chi connectivity index (χ2n) is 5.42. The first-order valence-electron chi connectivity index (χ1n) is 7.01. The van der Waals surface area contributed by atoms with Crippen molar-refractivity contribution in [3.8, 4) is 0 Å². The molecule has 0 spiro atoms. The number of hydrogen-bond donors (Lipinski definition) is 2. The van der Waals surface area contributed by atoms with Crippen molar-refractivity contribution < 1.29 is 14.4 Å². The maximum absolute atomic E-state index is 12.4. The zero-order valence-electron chi connectivity index (χ0n) is 11.8. The van der Waals surface area contributed by atoms with Gasteiger partial charge < -0.3 is 10.2 Å². The van der Waals surface area contributed by atoms with E-state index in [1.807, 2.05) is 25.2 Å². The van der Waals surface area contributed by atoms with Crippen LogP contribution in [0.5, 0.6) is 0 Å². The summed E-state index contributed by atoms with van der Waals surface area (Å²) in [6.07, 6.45) is 0.676. The molecule has 6 nitrogen and oxygen atoms in total. The molecule has 1 saturated heterocycles. The van der Waals surface area contributed by atoms with Crippen molar-refractivity contribution in [1.82, 2.24) is 15.5 Å². The molecule has 6 heteroatoms.